The average molecular weight is 334 g/mol. The molecule has 0 saturated heterocycles. The molecule has 0 fully saturated rings. The summed E-state index contributed by atoms with van der Waals surface area (Å²) in [6.45, 7) is 4.13. The van der Waals surface area contributed by atoms with Gasteiger partial charge < -0.3 is 16.4 Å². The van der Waals surface area contributed by atoms with Crippen molar-refractivity contribution < 1.29 is 9.59 Å². The predicted molar refractivity (Wildman–Crippen MR) is 75.2 cm³/mol. The molecule has 1 heterocycles. The van der Waals surface area contributed by atoms with Gasteiger partial charge >= 0.3 is 6.03 Å². The van der Waals surface area contributed by atoms with E-state index in [-0.39, 0.29) is 11.8 Å². The molecule has 0 bridgehead atoms. The fraction of sp³-hybridized carbons (Fsp3) is 0.455. The van der Waals surface area contributed by atoms with E-state index in [4.69, 9.17) is 5.73 Å². The van der Waals surface area contributed by atoms with Gasteiger partial charge in [0.25, 0.3) is 0 Å². The normalized spacial score (nSPS) is 12.2. The van der Waals surface area contributed by atoms with E-state index >= 15 is 0 Å². The van der Waals surface area contributed by atoms with Crippen LogP contribution in [0.5, 0.6) is 0 Å². The van der Waals surface area contributed by atoms with E-state index in [0.717, 1.165) is 9.35 Å². The lowest BCUT2D eigenvalue weighted by Gasteiger charge is -2.20. The molecule has 0 saturated carbocycles. The van der Waals surface area contributed by atoms with Crippen molar-refractivity contribution in [2.45, 2.75) is 26.4 Å². The highest BCUT2D eigenvalue weighted by atomic mass is 79.9. The van der Waals surface area contributed by atoms with Crippen LogP contribution in [-0.2, 0) is 11.3 Å². The number of nitrogens with one attached hydrogen (secondary N) is 2. The Morgan fingerprint density at radius 3 is 2.61 bits per heavy atom. The fourth-order valence-electron chi connectivity index (χ4n) is 1.43. The third kappa shape index (κ3) is 4.66. The molecule has 1 aromatic heterocycles. The van der Waals surface area contributed by atoms with E-state index < -0.39 is 12.1 Å². The zero-order valence-corrected chi connectivity index (χ0v) is 12.6. The second-order valence-corrected chi connectivity index (χ2v) is 6.50. The summed E-state index contributed by atoms with van der Waals surface area (Å²) in [7, 11) is 0. The van der Waals surface area contributed by atoms with Crippen molar-refractivity contribution in [2.24, 2.45) is 11.7 Å². The molecular formula is C11H16BrN3O2S. The van der Waals surface area contributed by atoms with Crippen LogP contribution in [-0.4, -0.2) is 18.0 Å². The molecule has 0 spiro atoms. The molecule has 1 rings (SSSR count). The van der Waals surface area contributed by atoms with Crippen LogP contribution in [0, 0.1) is 5.92 Å². The van der Waals surface area contributed by atoms with Crippen molar-refractivity contribution in [3.05, 3.63) is 20.8 Å². The van der Waals surface area contributed by atoms with Crippen molar-refractivity contribution in [2.75, 3.05) is 0 Å². The highest BCUT2D eigenvalue weighted by Crippen LogP contribution is 2.20. The first kappa shape index (κ1) is 15.0. The molecule has 100 valence electrons. The van der Waals surface area contributed by atoms with Gasteiger partial charge in [0.1, 0.15) is 6.04 Å². The minimum atomic E-state index is -0.692. The topological polar surface area (TPSA) is 84.2 Å². The van der Waals surface area contributed by atoms with Crippen LogP contribution in [0.25, 0.3) is 0 Å². The van der Waals surface area contributed by atoms with E-state index in [1.165, 1.54) is 0 Å². The minimum Gasteiger partial charge on any atom is -0.352 e. The second kappa shape index (κ2) is 6.75. The number of nitrogens with two attached hydrogens (primary N) is 1. The summed E-state index contributed by atoms with van der Waals surface area (Å²) in [5.41, 5.74) is 6.06. The summed E-state index contributed by atoms with van der Waals surface area (Å²) >= 11 is 4.91. The average Bonchev–Trinajstić information content (AvgIpc) is 2.68. The summed E-state index contributed by atoms with van der Waals surface area (Å²) < 4.78 is 1.02. The maximum Gasteiger partial charge on any atom is 0.312 e. The standard InChI is InChI=1S/C11H16BrN3O2S/c1-6(2)9(15-11(13)17)10(16)14-4-7-3-8(12)18-5-7/h3,5-6,9H,4H2,1-2H3,(H,14,16)(H3,13,15,17)/t9-/m1/s1. The van der Waals surface area contributed by atoms with Gasteiger partial charge in [-0.3, -0.25) is 4.79 Å². The minimum absolute atomic E-state index is 0.0216. The number of halogens is 1. The Labute approximate surface area is 118 Å². The Hall–Kier alpha value is -1.08. The van der Waals surface area contributed by atoms with Crippen molar-refractivity contribution in [3.8, 4) is 0 Å². The number of rotatable bonds is 5. The summed E-state index contributed by atoms with van der Waals surface area (Å²) in [6, 6.07) is 0.642. The molecule has 0 aliphatic carbocycles. The largest absolute Gasteiger partial charge is 0.352 e. The van der Waals surface area contributed by atoms with Crippen LogP contribution in [0.15, 0.2) is 15.2 Å². The van der Waals surface area contributed by atoms with Crippen molar-refractivity contribution in [3.63, 3.8) is 0 Å². The number of urea groups is 1. The van der Waals surface area contributed by atoms with Gasteiger partial charge in [-0.2, -0.15) is 0 Å². The van der Waals surface area contributed by atoms with E-state index in [2.05, 4.69) is 26.6 Å². The molecular weight excluding hydrogens is 318 g/mol. The third-order valence-corrected chi connectivity index (χ3v) is 3.89. The van der Waals surface area contributed by atoms with Crippen LogP contribution in [0.2, 0.25) is 0 Å². The van der Waals surface area contributed by atoms with Gasteiger partial charge in [-0.05, 0) is 38.9 Å². The van der Waals surface area contributed by atoms with Crippen molar-refractivity contribution in [1.29, 1.82) is 0 Å². The Balaban J connectivity index is 2.53. The summed E-state index contributed by atoms with van der Waals surface area (Å²) in [5.74, 6) is -0.252. The number of thiophene rings is 1. The zero-order valence-electron chi connectivity index (χ0n) is 10.2. The number of primary amides is 1. The van der Waals surface area contributed by atoms with Gasteiger partial charge in [0.2, 0.25) is 5.91 Å². The van der Waals surface area contributed by atoms with Crippen molar-refractivity contribution >= 4 is 39.2 Å². The lowest BCUT2D eigenvalue weighted by molar-refractivity contribution is -0.124. The SMILES string of the molecule is CC(C)[C@@H](NC(N)=O)C(=O)NCc1csc(Br)c1. The molecule has 0 aliphatic heterocycles. The Kier molecular flexibility index (Phi) is 5.61. The predicted octanol–water partition coefficient (Wildman–Crippen LogP) is 1.82. The molecule has 0 unspecified atom stereocenters. The first-order valence-electron chi connectivity index (χ1n) is 5.46. The first-order valence-corrected chi connectivity index (χ1v) is 7.14. The van der Waals surface area contributed by atoms with E-state index in [1.807, 2.05) is 25.3 Å². The molecule has 0 aliphatic rings. The van der Waals surface area contributed by atoms with Crippen LogP contribution < -0.4 is 16.4 Å². The first-order chi connectivity index (χ1) is 8.40. The Morgan fingerprint density at radius 2 is 2.17 bits per heavy atom. The lowest BCUT2D eigenvalue weighted by Crippen LogP contribution is -2.51. The molecule has 1 aromatic rings. The quantitative estimate of drug-likeness (QED) is 0.767. The molecule has 18 heavy (non-hydrogen) atoms. The van der Waals surface area contributed by atoms with Gasteiger partial charge in [-0.15, -0.1) is 11.3 Å². The highest BCUT2D eigenvalue weighted by molar-refractivity contribution is 9.11. The van der Waals surface area contributed by atoms with Gasteiger partial charge in [-0.1, -0.05) is 13.8 Å². The summed E-state index contributed by atoms with van der Waals surface area (Å²) in [5, 5.41) is 7.17. The smallest absolute Gasteiger partial charge is 0.312 e. The molecule has 7 heteroatoms. The summed E-state index contributed by atoms with van der Waals surface area (Å²) in [4.78, 5) is 22.7. The molecule has 0 radical (unpaired) electrons. The number of carbonyl (C=O) groups is 2. The molecule has 5 nitrogen and oxygen atoms in total. The maximum absolute atomic E-state index is 11.9. The van der Waals surface area contributed by atoms with Crippen LogP contribution in [0.1, 0.15) is 19.4 Å². The van der Waals surface area contributed by atoms with Gasteiger partial charge in [-0.25, -0.2) is 4.79 Å². The fourth-order valence-corrected chi connectivity index (χ4v) is 2.63. The molecule has 0 aromatic carbocycles. The number of carbonyl (C=O) groups excluding carboxylic acids is 2. The Bertz CT molecular complexity index is 434. The third-order valence-electron chi connectivity index (χ3n) is 2.34. The van der Waals surface area contributed by atoms with Crippen LogP contribution in [0.4, 0.5) is 4.79 Å². The maximum atomic E-state index is 11.9. The Morgan fingerprint density at radius 1 is 1.50 bits per heavy atom. The molecule has 3 amide bonds. The number of amides is 3. The zero-order chi connectivity index (χ0) is 13.7. The van der Waals surface area contributed by atoms with Crippen molar-refractivity contribution in [1.82, 2.24) is 10.6 Å². The van der Waals surface area contributed by atoms with Gasteiger partial charge in [0, 0.05) is 6.54 Å². The lowest BCUT2D eigenvalue weighted by atomic mass is 10.0. The number of hydrogen-bond acceptors (Lipinski definition) is 3. The van der Waals surface area contributed by atoms with Gasteiger partial charge in [0.05, 0.1) is 3.79 Å². The van der Waals surface area contributed by atoms with E-state index in [0.29, 0.717) is 6.54 Å². The molecule has 1 atom stereocenters. The monoisotopic (exact) mass is 333 g/mol. The van der Waals surface area contributed by atoms with Crippen LogP contribution in [0.3, 0.4) is 0 Å². The highest BCUT2D eigenvalue weighted by Gasteiger charge is 2.22. The molecule has 4 N–H and O–H groups in total. The second-order valence-electron chi connectivity index (χ2n) is 4.21. The summed E-state index contributed by atoms with van der Waals surface area (Å²) in [6.07, 6.45) is 0. The van der Waals surface area contributed by atoms with Gasteiger partial charge in [0.15, 0.2) is 0 Å². The van der Waals surface area contributed by atoms with Crippen LogP contribution >= 0.6 is 27.3 Å². The van der Waals surface area contributed by atoms with E-state index in [9.17, 15) is 9.59 Å². The van der Waals surface area contributed by atoms with E-state index in [1.54, 1.807) is 11.3 Å². The number of hydrogen-bond donors (Lipinski definition) is 3.